The van der Waals surface area contributed by atoms with Gasteiger partial charge in [0.05, 0.1) is 0 Å². The SMILES string of the molecule is Cc1cc(C)cc(NC(=O)COc2cccc(C(=O)NCc3ccccc3)c2)c1. The van der Waals surface area contributed by atoms with Crippen molar-refractivity contribution in [3.8, 4) is 5.75 Å². The molecule has 0 atom stereocenters. The number of hydrogen-bond donors (Lipinski definition) is 2. The molecule has 0 aliphatic rings. The summed E-state index contributed by atoms with van der Waals surface area (Å²) >= 11 is 0. The number of carbonyl (C=O) groups is 2. The molecular formula is C24H24N2O3. The van der Waals surface area contributed by atoms with Gasteiger partial charge in [0.25, 0.3) is 11.8 Å². The van der Waals surface area contributed by atoms with Gasteiger partial charge in [-0.15, -0.1) is 0 Å². The Bertz CT molecular complexity index is 980. The van der Waals surface area contributed by atoms with Crippen molar-refractivity contribution in [2.45, 2.75) is 20.4 Å². The van der Waals surface area contributed by atoms with Gasteiger partial charge in [0.1, 0.15) is 5.75 Å². The molecule has 0 radical (unpaired) electrons. The minimum atomic E-state index is -0.256. The fourth-order valence-electron chi connectivity index (χ4n) is 3.00. The zero-order chi connectivity index (χ0) is 20.6. The van der Waals surface area contributed by atoms with E-state index in [2.05, 4.69) is 10.6 Å². The summed E-state index contributed by atoms with van der Waals surface area (Å²) in [4.78, 5) is 24.5. The van der Waals surface area contributed by atoms with Crippen LogP contribution in [0.5, 0.6) is 5.75 Å². The molecule has 3 aromatic carbocycles. The van der Waals surface area contributed by atoms with Crippen LogP contribution in [0.15, 0.2) is 72.8 Å². The first-order chi connectivity index (χ1) is 14.0. The Balaban J connectivity index is 1.53. The number of nitrogens with one attached hydrogen (secondary N) is 2. The first kappa shape index (κ1) is 20.1. The predicted molar refractivity (Wildman–Crippen MR) is 114 cm³/mol. The van der Waals surface area contributed by atoms with Crippen molar-refractivity contribution in [1.82, 2.24) is 5.32 Å². The first-order valence-corrected chi connectivity index (χ1v) is 9.43. The van der Waals surface area contributed by atoms with Gasteiger partial charge in [-0.3, -0.25) is 9.59 Å². The summed E-state index contributed by atoms with van der Waals surface area (Å²) < 4.78 is 5.56. The molecule has 2 amide bonds. The molecular weight excluding hydrogens is 364 g/mol. The van der Waals surface area contributed by atoms with Gasteiger partial charge in [-0.05, 0) is 60.9 Å². The highest BCUT2D eigenvalue weighted by Crippen LogP contribution is 2.15. The molecule has 0 saturated heterocycles. The fraction of sp³-hybridized carbons (Fsp3) is 0.167. The van der Waals surface area contributed by atoms with E-state index in [1.165, 1.54) is 0 Å². The van der Waals surface area contributed by atoms with Crippen molar-refractivity contribution in [3.63, 3.8) is 0 Å². The van der Waals surface area contributed by atoms with Gasteiger partial charge in [-0.25, -0.2) is 0 Å². The number of benzene rings is 3. The van der Waals surface area contributed by atoms with Crippen LogP contribution in [0.4, 0.5) is 5.69 Å². The quantitative estimate of drug-likeness (QED) is 0.636. The largest absolute Gasteiger partial charge is 0.484 e. The normalized spacial score (nSPS) is 10.3. The van der Waals surface area contributed by atoms with E-state index in [-0.39, 0.29) is 18.4 Å². The van der Waals surface area contributed by atoms with Crippen LogP contribution in [-0.4, -0.2) is 18.4 Å². The molecule has 0 aliphatic carbocycles. The third-order valence-corrected chi connectivity index (χ3v) is 4.27. The highest BCUT2D eigenvalue weighted by atomic mass is 16.5. The molecule has 0 saturated carbocycles. The number of ether oxygens (including phenoxy) is 1. The number of carbonyl (C=O) groups excluding carboxylic acids is 2. The molecule has 5 heteroatoms. The number of rotatable bonds is 7. The predicted octanol–water partition coefficient (Wildman–Crippen LogP) is 4.25. The van der Waals surface area contributed by atoms with Crippen molar-refractivity contribution < 1.29 is 14.3 Å². The summed E-state index contributed by atoms with van der Waals surface area (Å²) in [5.74, 6) is 0.0147. The van der Waals surface area contributed by atoms with Crippen LogP contribution in [0.2, 0.25) is 0 Å². The second-order valence-electron chi connectivity index (χ2n) is 6.91. The van der Waals surface area contributed by atoms with E-state index in [1.807, 2.05) is 62.4 Å². The molecule has 3 rings (SSSR count). The van der Waals surface area contributed by atoms with Crippen LogP contribution in [0.25, 0.3) is 0 Å². The van der Waals surface area contributed by atoms with E-state index in [0.717, 1.165) is 22.4 Å². The average molecular weight is 388 g/mol. The minimum absolute atomic E-state index is 0.137. The number of anilines is 1. The van der Waals surface area contributed by atoms with Crippen molar-refractivity contribution in [2.24, 2.45) is 0 Å². The second kappa shape index (κ2) is 9.55. The average Bonchev–Trinajstić information content (AvgIpc) is 2.71. The molecule has 3 aromatic rings. The van der Waals surface area contributed by atoms with Crippen molar-refractivity contribution >= 4 is 17.5 Å². The van der Waals surface area contributed by atoms with Gasteiger partial charge in [0, 0.05) is 17.8 Å². The summed E-state index contributed by atoms with van der Waals surface area (Å²) in [6.45, 7) is 4.27. The van der Waals surface area contributed by atoms with Crippen LogP contribution < -0.4 is 15.4 Å². The highest BCUT2D eigenvalue weighted by molar-refractivity contribution is 5.94. The molecule has 0 aliphatic heterocycles. The molecule has 0 aromatic heterocycles. The van der Waals surface area contributed by atoms with Crippen molar-refractivity contribution in [1.29, 1.82) is 0 Å². The molecule has 0 bridgehead atoms. The second-order valence-corrected chi connectivity index (χ2v) is 6.91. The number of aryl methyl sites for hydroxylation is 2. The lowest BCUT2D eigenvalue weighted by molar-refractivity contribution is -0.118. The zero-order valence-corrected chi connectivity index (χ0v) is 16.6. The monoisotopic (exact) mass is 388 g/mol. The molecule has 0 heterocycles. The van der Waals surface area contributed by atoms with E-state index in [1.54, 1.807) is 24.3 Å². The van der Waals surface area contributed by atoms with Crippen LogP contribution in [0.3, 0.4) is 0 Å². The lowest BCUT2D eigenvalue weighted by Crippen LogP contribution is -2.23. The lowest BCUT2D eigenvalue weighted by atomic mass is 10.1. The lowest BCUT2D eigenvalue weighted by Gasteiger charge is -2.10. The van der Waals surface area contributed by atoms with E-state index >= 15 is 0 Å². The number of hydrogen-bond acceptors (Lipinski definition) is 3. The van der Waals surface area contributed by atoms with Crippen LogP contribution >= 0.6 is 0 Å². The van der Waals surface area contributed by atoms with Crippen LogP contribution in [0, 0.1) is 13.8 Å². The Kier molecular flexibility index (Phi) is 6.63. The topological polar surface area (TPSA) is 67.4 Å². The first-order valence-electron chi connectivity index (χ1n) is 9.43. The van der Waals surface area contributed by atoms with E-state index in [4.69, 9.17) is 4.74 Å². The summed E-state index contributed by atoms with van der Waals surface area (Å²) in [6.07, 6.45) is 0. The van der Waals surface area contributed by atoms with Gasteiger partial charge in [0.15, 0.2) is 6.61 Å². The van der Waals surface area contributed by atoms with Crippen LogP contribution in [-0.2, 0) is 11.3 Å². The van der Waals surface area contributed by atoms with E-state index < -0.39 is 0 Å². The van der Waals surface area contributed by atoms with Gasteiger partial charge < -0.3 is 15.4 Å². The van der Waals surface area contributed by atoms with Gasteiger partial charge >= 0.3 is 0 Å². The maximum absolute atomic E-state index is 12.4. The Morgan fingerprint density at radius 1 is 0.862 bits per heavy atom. The zero-order valence-electron chi connectivity index (χ0n) is 16.6. The summed E-state index contributed by atoms with van der Waals surface area (Å²) in [5.41, 5.74) is 4.40. The van der Waals surface area contributed by atoms with Gasteiger partial charge in [0.2, 0.25) is 0 Å². The Labute approximate surface area is 170 Å². The molecule has 0 unspecified atom stereocenters. The fourth-order valence-corrected chi connectivity index (χ4v) is 3.00. The van der Waals surface area contributed by atoms with Gasteiger partial charge in [-0.2, -0.15) is 0 Å². The van der Waals surface area contributed by atoms with Crippen molar-refractivity contribution in [2.75, 3.05) is 11.9 Å². The summed E-state index contributed by atoms with van der Waals surface area (Å²) in [6, 6.07) is 22.3. The number of amides is 2. The molecule has 0 spiro atoms. The summed E-state index contributed by atoms with van der Waals surface area (Å²) in [7, 11) is 0. The van der Waals surface area contributed by atoms with Crippen LogP contribution in [0.1, 0.15) is 27.0 Å². The molecule has 2 N–H and O–H groups in total. The maximum Gasteiger partial charge on any atom is 0.262 e. The third-order valence-electron chi connectivity index (χ3n) is 4.27. The van der Waals surface area contributed by atoms with Gasteiger partial charge in [-0.1, -0.05) is 42.5 Å². The Morgan fingerprint density at radius 2 is 1.59 bits per heavy atom. The maximum atomic E-state index is 12.4. The van der Waals surface area contributed by atoms with Crippen molar-refractivity contribution in [3.05, 3.63) is 95.1 Å². The Morgan fingerprint density at radius 3 is 2.31 bits per heavy atom. The molecule has 29 heavy (non-hydrogen) atoms. The third kappa shape index (κ3) is 6.21. The smallest absolute Gasteiger partial charge is 0.262 e. The standard InChI is InChI=1S/C24H24N2O3/c1-17-11-18(2)13-21(12-17)26-23(27)16-29-22-10-6-9-20(14-22)24(28)25-15-19-7-4-3-5-8-19/h3-14H,15-16H2,1-2H3,(H,25,28)(H,26,27). The minimum Gasteiger partial charge on any atom is -0.484 e. The Hall–Kier alpha value is -3.60. The summed E-state index contributed by atoms with van der Waals surface area (Å²) in [5, 5.41) is 5.70. The molecule has 5 nitrogen and oxygen atoms in total. The molecule has 148 valence electrons. The molecule has 0 fully saturated rings. The highest BCUT2D eigenvalue weighted by Gasteiger charge is 2.09. The van der Waals surface area contributed by atoms with E-state index in [0.29, 0.717) is 17.9 Å². The van der Waals surface area contributed by atoms with E-state index in [9.17, 15) is 9.59 Å².